The van der Waals surface area contributed by atoms with Gasteiger partial charge in [0.2, 0.25) is 15.9 Å². The lowest BCUT2D eigenvalue weighted by Crippen LogP contribution is -2.45. The molecule has 3 rings (SSSR count). The maximum absolute atomic E-state index is 13.0. The second kappa shape index (κ2) is 10.8. The largest absolute Gasteiger partial charge is 0.497 e. The predicted molar refractivity (Wildman–Crippen MR) is 126 cm³/mol. The van der Waals surface area contributed by atoms with Gasteiger partial charge in [-0.1, -0.05) is 12.1 Å². The first-order chi connectivity index (χ1) is 15.4. The Morgan fingerprint density at radius 1 is 1.09 bits per heavy atom. The highest BCUT2D eigenvalue weighted by atomic mass is 32.2. The number of anilines is 1. The van der Waals surface area contributed by atoms with Gasteiger partial charge in [-0.25, -0.2) is 8.42 Å². The predicted octanol–water partition coefficient (Wildman–Crippen LogP) is 3.26. The number of hydrogen-bond donors (Lipinski definition) is 1. The van der Waals surface area contributed by atoms with Crippen LogP contribution in [-0.2, 0) is 21.4 Å². The average molecular weight is 460 g/mol. The van der Waals surface area contributed by atoms with Crippen molar-refractivity contribution in [3.05, 3.63) is 54.1 Å². The Kier molecular flexibility index (Phi) is 8.15. The first kappa shape index (κ1) is 24.1. The molecule has 7 nitrogen and oxygen atoms in total. The van der Waals surface area contributed by atoms with Gasteiger partial charge in [-0.15, -0.1) is 0 Å². The van der Waals surface area contributed by atoms with Crippen LogP contribution in [0, 0.1) is 5.92 Å². The molecule has 174 valence electrons. The molecule has 1 aliphatic rings. The number of carbonyl (C=O) groups is 1. The smallest absolute Gasteiger partial charge is 0.243 e. The van der Waals surface area contributed by atoms with Gasteiger partial charge >= 0.3 is 0 Å². The van der Waals surface area contributed by atoms with Gasteiger partial charge in [0, 0.05) is 38.4 Å². The molecule has 0 aromatic heterocycles. The fourth-order valence-electron chi connectivity index (χ4n) is 4.02. The van der Waals surface area contributed by atoms with Gasteiger partial charge in [-0.2, -0.15) is 4.31 Å². The third-order valence-corrected chi connectivity index (χ3v) is 7.86. The first-order valence-electron chi connectivity index (χ1n) is 11.1. The molecule has 0 bridgehead atoms. The van der Waals surface area contributed by atoms with E-state index < -0.39 is 10.0 Å². The molecule has 0 radical (unpaired) electrons. The Balaban J connectivity index is 1.59. The molecule has 1 aliphatic heterocycles. The number of nitrogens with one attached hydrogen (secondary N) is 1. The van der Waals surface area contributed by atoms with E-state index in [4.69, 9.17) is 4.74 Å². The molecule has 0 aliphatic carbocycles. The minimum absolute atomic E-state index is 0.104. The molecule has 1 atom stereocenters. The molecule has 0 spiro atoms. The van der Waals surface area contributed by atoms with Crippen LogP contribution in [0.5, 0.6) is 5.75 Å². The minimum atomic E-state index is -3.65. The number of carbonyl (C=O) groups excluding carboxylic acids is 1. The summed E-state index contributed by atoms with van der Waals surface area (Å²) in [6.45, 7) is 7.19. The summed E-state index contributed by atoms with van der Waals surface area (Å²) < 4.78 is 32.6. The van der Waals surface area contributed by atoms with E-state index in [1.54, 1.807) is 24.3 Å². The summed E-state index contributed by atoms with van der Waals surface area (Å²) in [4.78, 5) is 15.3. The zero-order valence-electron chi connectivity index (χ0n) is 19.1. The van der Waals surface area contributed by atoms with Crippen LogP contribution >= 0.6 is 0 Å². The maximum atomic E-state index is 13.0. The topological polar surface area (TPSA) is 79.0 Å². The van der Waals surface area contributed by atoms with E-state index in [9.17, 15) is 13.2 Å². The molecule has 0 unspecified atom stereocenters. The average Bonchev–Trinajstić information content (AvgIpc) is 2.84. The van der Waals surface area contributed by atoms with Crippen molar-refractivity contribution in [1.82, 2.24) is 9.62 Å². The van der Waals surface area contributed by atoms with E-state index in [0.29, 0.717) is 31.7 Å². The van der Waals surface area contributed by atoms with Crippen LogP contribution in [0.4, 0.5) is 5.69 Å². The van der Waals surface area contributed by atoms with Crippen LogP contribution in [-0.4, -0.2) is 51.9 Å². The van der Waals surface area contributed by atoms with Crippen LogP contribution in [0.25, 0.3) is 0 Å². The van der Waals surface area contributed by atoms with Crippen molar-refractivity contribution in [3.63, 3.8) is 0 Å². The Morgan fingerprint density at radius 2 is 1.75 bits per heavy atom. The van der Waals surface area contributed by atoms with Gasteiger partial charge in [0.05, 0.1) is 17.9 Å². The summed E-state index contributed by atoms with van der Waals surface area (Å²) in [6, 6.07) is 14.5. The monoisotopic (exact) mass is 459 g/mol. The Morgan fingerprint density at radius 3 is 2.34 bits per heavy atom. The molecule has 1 amide bonds. The van der Waals surface area contributed by atoms with Gasteiger partial charge in [0.1, 0.15) is 5.75 Å². The molecule has 8 heteroatoms. The first-order valence-corrected chi connectivity index (χ1v) is 12.6. The molecule has 32 heavy (non-hydrogen) atoms. The van der Waals surface area contributed by atoms with E-state index in [-0.39, 0.29) is 23.3 Å². The number of rotatable bonds is 9. The Labute approximate surface area is 191 Å². The number of hydrogen-bond acceptors (Lipinski definition) is 5. The fourth-order valence-corrected chi connectivity index (χ4v) is 5.54. The molecular formula is C24H33N3O4S. The summed E-state index contributed by atoms with van der Waals surface area (Å²) in [5.41, 5.74) is 2.18. The molecule has 1 heterocycles. The summed E-state index contributed by atoms with van der Waals surface area (Å²) in [5, 5.41) is 2.98. The second-order valence-electron chi connectivity index (χ2n) is 7.93. The lowest BCUT2D eigenvalue weighted by Gasteiger charge is -2.31. The second-order valence-corrected chi connectivity index (χ2v) is 9.87. The normalized spacial score (nSPS) is 17.0. The number of methoxy groups -OCH3 is 1. The zero-order chi connectivity index (χ0) is 23.1. The number of ether oxygens (including phenoxy) is 1. The third-order valence-electron chi connectivity index (χ3n) is 5.98. The van der Waals surface area contributed by atoms with Gasteiger partial charge < -0.3 is 15.0 Å². The number of amides is 1. The quantitative estimate of drug-likeness (QED) is 0.623. The summed E-state index contributed by atoms with van der Waals surface area (Å²) in [6.07, 6.45) is 1.34. The van der Waals surface area contributed by atoms with Crippen molar-refractivity contribution in [2.75, 3.05) is 38.2 Å². The molecular weight excluding hydrogens is 426 g/mol. The van der Waals surface area contributed by atoms with Crippen molar-refractivity contribution < 1.29 is 17.9 Å². The van der Waals surface area contributed by atoms with Crippen LogP contribution in [0.15, 0.2) is 53.4 Å². The fraction of sp³-hybridized carbons (Fsp3) is 0.458. The number of benzene rings is 2. The number of sulfonamides is 1. The molecule has 1 fully saturated rings. The van der Waals surface area contributed by atoms with Crippen molar-refractivity contribution in [2.24, 2.45) is 5.92 Å². The van der Waals surface area contributed by atoms with Crippen molar-refractivity contribution in [2.45, 2.75) is 38.1 Å². The van der Waals surface area contributed by atoms with E-state index in [1.807, 2.05) is 12.1 Å². The molecule has 0 saturated carbocycles. The lowest BCUT2D eigenvalue weighted by atomic mass is 9.98. The van der Waals surface area contributed by atoms with Crippen LogP contribution in [0.3, 0.4) is 0 Å². The van der Waals surface area contributed by atoms with Crippen LogP contribution < -0.4 is 15.0 Å². The molecule has 1 N–H and O–H groups in total. The molecule has 2 aromatic rings. The number of nitrogens with zero attached hydrogens (tertiary/aromatic N) is 2. The summed E-state index contributed by atoms with van der Waals surface area (Å²) >= 11 is 0. The third kappa shape index (κ3) is 5.61. The Bertz CT molecular complexity index is 987. The van der Waals surface area contributed by atoms with E-state index in [0.717, 1.165) is 24.3 Å². The molecule has 1 saturated heterocycles. The highest BCUT2D eigenvalue weighted by Crippen LogP contribution is 2.25. The van der Waals surface area contributed by atoms with E-state index in [1.165, 1.54) is 11.4 Å². The van der Waals surface area contributed by atoms with Crippen molar-refractivity contribution in [3.8, 4) is 5.75 Å². The van der Waals surface area contributed by atoms with Gasteiger partial charge in [0.15, 0.2) is 0 Å². The summed E-state index contributed by atoms with van der Waals surface area (Å²) in [5.74, 6) is 0.143. The number of piperidine rings is 1. The highest BCUT2D eigenvalue weighted by Gasteiger charge is 2.33. The van der Waals surface area contributed by atoms with Gasteiger partial charge in [-0.3, -0.25) is 4.79 Å². The zero-order valence-corrected chi connectivity index (χ0v) is 19.9. The van der Waals surface area contributed by atoms with Crippen molar-refractivity contribution >= 4 is 21.6 Å². The van der Waals surface area contributed by atoms with Crippen LogP contribution in [0.2, 0.25) is 0 Å². The highest BCUT2D eigenvalue weighted by molar-refractivity contribution is 7.89. The van der Waals surface area contributed by atoms with E-state index in [2.05, 4.69) is 36.2 Å². The van der Waals surface area contributed by atoms with Gasteiger partial charge in [-0.05, 0) is 68.7 Å². The SMILES string of the molecule is CCN(CC)c1ccc(CNC(=O)[C@@H]2CCCN(S(=O)(=O)c3ccc(OC)cc3)C2)cc1. The van der Waals surface area contributed by atoms with E-state index >= 15 is 0 Å². The van der Waals surface area contributed by atoms with Crippen LogP contribution in [0.1, 0.15) is 32.3 Å². The van der Waals surface area contributed by atoms with Crippen molar-refractivity contribution in [1.29, 1.82) is 0 Å². The standard InChI is InChI=1S/C24H33N3O4S/c1-4-26(5-2)21-10-8-19(9-11-21)17-25-24(28)20-7-6-16-27(18-20)32(29,30)23-14-12-22(31-3)13-15-23/h8-15,20H,4-7,16-18H2,1-3H3,(H,25,28)/t20-/m1/s1. The Hall–Kier alpha value is -2.58. The molecule has 2 aromatic carbocycles. The summed E-state index contributed by atoms with van der Waals surface area (Å²) in [7, 11) is -2.11. The maximum Gasteiger partial charge on any atom is 0.243 e. The van der Waals surface area contributed by atoms with Gasteiger partial charge in [0.25, 0.3) is 0 Å². The minimum Gasteiger partial charge on any atom is -0.497 e. The lowest BCUT2D eigenvalue weighted by molar-refractivity contribution is -0.126.